The predicted octanol–water partition coefficient (Wildman–Crippen LogP) is 2.07. The lowest BCUT2D eigenvalue weighted by Crippen LogP contribution is -2.22. The molecule has 4 nitrogen and oxygen atoms in total. The standard InChI is InChI=1S/C13H18N4/c1-2-16-6-3-4-12(16)11-9-17-7-5-10(14)8-13(17)15-11/h5,7-9,12H,2-4,6,14H2,1H3. The molecule has 2 aromatic heterocycles. The molecule has 0 aliphatic carbocycles. The average Bonchev–Trinajstić information content (AvgIpc) is 2.93. The summed E-state index contributed by atoms with van der Waals surface area (Å²) in [6, 6.07) is 4.32. The van der Waals surface area contributed by atoms with Crippen molar-refractivity contribution in [3.63, 3.8) is 0 Å². The highest BCUT2D eigenvalue weighted by Crippen LogP contribution is 2.31. The third kappa shape index (κ3) is 1.78. The molecule has 1 atom stereocenters. The zero-order valence-corrected chi connectivity index (χ0v) is 10.1. The highest BCUT2D eigenvalue weighted by Gasteiger charge is 2.26. The van der Waals surface area contributed by atoms with E-state index >= 15 is 0 Å². The molecular formula is C13H18N4. The van der Waals surface area contributed by atoms with Crippen molar-refractivity contribution in [1.29, 1.82) is 0 Å². The van der Waals surface area contributed by atoms with Crippen LogP contribution >= 0.6 is 0 Å². The maximum atomic E-state index is 5.78. The Morgan fingerprint density at radius 1 is 1.53 bits per heavy atom. The summed E-state index contributed by atoms with van der Waals surface area (Å²) < 4.78 is 2.05. The summed E-state index contributed by atoms with van der Waals surface area (Å²) in [6.07, 6.45) is 6.60. The van der Waals surface area contributed by atoms with Crippen LogP contribution in [0.2, 0.25) is 0 Å². The minimum atomic E-state index is 0.487. The molecule has 2 N–H and O–H groups in total. The van der Waals surface area contributed by atoms with Crippen molar-refractivity contribution in [3.8, 4) is 0 Å². The van der Waals surface area contributed by atoms with Crippen LogP contribution in [0.15, 0.2) is 24.5 Å². The number of rotatable bonds is 2. The number of aromatic nitrogens is 2. The molecule has 1 aliphatic heterocycles. The molecule has 2 aromatic rings. The van der Waals surface area contributed by atoms with Gasteiger partial charge in [0.25, 0.3) is 0 Å². The van der Waals surface area contributed by atoms with Crippen LogP contribution in [-0.2, 0) is 0 Å². The monoisotopic (exact) mass is 230 g/mol. The molecule has 3 rings (SSSR count). The van der Waals surface area contributed by atoms with Crippen molar-refractivity contribution in [2.45, 2.75) is 25.8 Å². The summed E-state index contributed by atoms with van der Waals surface area (Å²) in [6.45, 7) is 4.50. The van der Waals surface area contributed by atoms with Crippen LogP contribution in [0.25, 0.3) is 5.65 Å². The molecule has 4 heteroatoms. The summed E-state index contributed by atoms with van der Waals surface area (Å²) in [5.74, 6) is 0. The number of hydrogen-bond acceptors (Lipinski definition) is 3. The Balaban J connectivity index is 2.00. The molecule has 0 spiro atoms. The molecule has 0 radical (unpaired) electrons. The van der Waals surface area contributed by atoms with Crippen LogP contribution < -0.4 is 5.73 Å². The molecule has 1 aliphatic rings. The van der Waals surface area contributed by atoms with E-state index in [1.165, 1.54) is 25.1 Å². The normalized spacial score (nSPS) is 21.4. The lowest BCUT2D eigenvalue weighted by Gasteiger charge is -2.20. The van der Waals surface area contributed by atoms with Crippen LogP contribution in [0.1, 0.15) is 31.5 Å². The molecule has 17 heavy (non-hydrogen) atoms. The van der Waals surface area contributed by atoms with Crippen molar-refractivity contribution in [3.05, 3.63) is 30.2 Å². The number of nitrogens with two attached hydrogens (primary N) is 1. The van der Waals surface area contributed by atoms with Crippen molar-refractivity contribution in [2.75, 3.05) is 18.8 Å². The van der Waals surface area contributed by atoms with E-state index in [2.05, 4.69) is 22.4 Å². The van der Waals surface area contributed by atoms with Gasteiger partial charge in [-0.1, -0.05) is 6.92 Å². The average molecular weight is 230 g/mol. The fourth-order valence-corrected chi connectivity index (χ4v) is 2.72. The largest absolute Gasteiger partial charge is 0.399 e. The number of likely N-dealkylation sites (tertiary alicyclic amines) is 1. The molecule has 0 aromatic carbocycles. The molecule has 0 saturated carbocycles. The second-order valence-corrected chi connectivity index (χ2v) is 4.68. The van der Waals surface area contributed by atoms with Gasteiger partial charge in [-0.15, -0.1) is 0 Å². The zero-order valence-electron chi connectivity index (χ0n) is 10.1. The number of imidazole rings is 1. The molecule has 1 fully saturated rings. The molecule has 90 valence electrons. The smallest absolute Gasteiger partial charge is 0.139 e. The van der Waals surface area contributed by atoms with E-state index in [9.17, 15) is 0 Å². The highest BCUT2D eigenvalue weighted by atomic mass is 15.2. The van der Waals surface area contributed by atoms with Gasteiger partial charge in [-0.05, 0) is 32.0 Å². The molecule has 3 heterocycles. The van der Waals surface area contributed by atoms with Crippen molar-refractivity contribution < 1.29 is 0 Å². The summed E-state index contributed by atoms with van der Waals surface area (Å²) in [4.78, 5) is 7.19. The first-order chi connectivity index (χ1) is 8.28. The minimum Gasteiger partial charge on any atom is -0.399 e. The highest BCUT2D eigenvalue weighted by molar-refractivity contribution is 5.52. The Labute approximate surface area is 101 Å². The fraction of sp³-hybridized carbons (Fsp3) is 0.462. The summed E-state index contributed by atoms with van der Waals surface area (Å²) >= 11 is 0. The molecule has 0 bridgehead atoms. The van der Waals surface area contributed by atoms with Crippen LogP contribution in [0.5, 0.6) is 0 Å². The van der Waals surface area contributed by atoms with Gasteiger partial charge in [0.05, 0.1) is 11.7 Å². The lowest BCUT2D eigenvalue weighted by atomic mass is 10.1. The Bertz CT molecular complexity index is 531. The van der Waals surface area contributed by atoms with Gasteiger partial charge in [0.1, 0.15) is 5.65 Å². The first kappa shape index (κ1) is 10.6. The summed E-state index contributed by atoms with van der Waals surface area (Å²) in [7, 11) is 0. The second kappa shape index (κ2) is 4.04. The molecule has 0 amide bonds. The topological polar surface area (TPSA) is 46.6 Å². The van der Waals surface area contributed by atoms with E-state index in [-0.39, 0.29) is 0 Å². The number of pyridine rings is 1. The number of fused-ring (bicyclic) bond motifs is 1. The van der Waals surface area contributed by atoms with Crippen molar-refractivity contribution in [1.82, 2.24) is 14.3 Å². The number of anilines is 1. The SMILES string of the molecule is CCN1CCCC1c1cn2ccc(N)cc2n1. The van der Waals surface area contributed by atoms with Crippen molar-refractivity contribution >= 4 is 11.3 Å². The maximum Gasteiger partial charge on any atom is 0.139 e. The Kier molecular flexibility index (Phi) is 2.52. The van der Waals surface area contributed by atoms with Crippen LogP contribution in [0.4, 0.5) is 5.69 Å². The Morgan fingerprint density at radius 2 is 2.41 bits per heavy atom. The minimum absolute atomic E-state index is 0.487. The van der Waals surface area contributed by atoms with Gasteiger partial charge >= 0.3 is 0 Å². The van der Waals surface area contributed by atoms with Gasteiger partial charge in [0, 0.05) is 24.1 Å². The molecular weight excluding hydrogens is 212 g/mol. The number of hydrogen-bond donors (Lipinski definition) is 1. The van der Waals surface area contributed by atoms with Gasteiger partial charge in [-0.2, -0.15) is 0 Å². The van der Waals surface area contributed by atoms with Gasteiger partial charge in [-0.3, -0.25) is 4.90 Å². The van der Waals surface area contributed by atoms with Gasteiger partial charge in [-0.25, -0.2) is 4.98 Å². The maximum absolute atomic E-state index is 5.78. The van der Waals surface area contributed by atoms with Crippen molar-refractivity contribution in [2.24, 2.45) is 0 Å². The Morgan fingerprint density at radius 3 is 3.24 bits per heavy atom. The van der Waals surface area contributed by atoms with E-state index in [0.717, 1.165) is 17.9 Å². The van der Waals surface area contributed by atoms with Crippen LogP contribution in [-0.4, -0.2) is 27.4 Å². The zero-order chi connectivity index (χ0) is 11.8. The first-order valence-electron chi connectivity index (χ1n) is 6.26. The quantitative estimate of drug-likeness (QED) is 0.859. The molecule has 1 saturated heterocycles. The van der Waals surface area contributed by atoms with Gasteiger partial charge in [0.2, 0.25) is 0 Å². The predicted molar refractivity (Wildman–Crippen MR) is 68.8 cm³/mol. The lowest BCUT2D eigenvalue weighted by molar-refractivity contribution is 0.268. The Hall–Kier alpha value is -1.55. The third-order valence-corrected chi connectivity index (χ3v) is 3.61. The van der Waals surface area contributed by atoms with E-state index in [1.807, 2.05) is 18.3 Å². The van der Waals surface area contributed by atoms with Gasteiger partial charge < -0.3 is 10.1 Å². The van der Waals surface area contributed by atoms with E-state index in [4.69, 9.17) is 10.7 Å². The van der Waals surface area contributed by atoms with E-state index in [0.29, 0.717) is 6.04 Å². The second-order valence-electron chi connectivity index (χ2n) is 4.68. The number of nitrogens with zero attached hydrogens (tertiary/aromatic N) is 3. The first-order valence-corrected chi connectivity index (χ1v) is 6.26. The number of nitrogen functional groups attached to an aromatic ring is 1. The summed E-state index contributed by atoms with van der Waals surface area (Å²) in [5, 5.41) is 0. The fourth-order valence-electron chi connectivity index (χ4n) is 2.72. The van der Waals surface area contributed by atoms with E-state index in [1.54, 1.807) is 0 Å². The van der Waals surface area contributed by atoms with Crippen LogP contribution in [0.3, 0.4) is 0 Å². The van der Waals surface area contributed by atoms with Crippen LogP contribution in [0, 0.1) is 0 Å². The summed E-state index contributed by atoms with van der Waals surface area (Å²) in [5.41, 5.74) is 8.67. The van der Waals surface area contributed by atoms with Gasteiger partial charge in [0.15, 0.2) is 0 Å². The van der Waals surface area contributed by atoms with E-state index < -0.39 is 0 Å². The molecule has 1 unspecified atom stereocenters. The third-order valence-electron chi connectivity index (χ3n) is 3.61.